The lowest BCUT2D eigenvalue weighted by molar-refractivity contribution is 0.0788. The van der Waals surface area contributed by atoms with Crippen LogP contribution in [0.5, 0.6) is 0 Å². The van der Waals surface area contributed by atoms with E-state index in [2.05, 4.69) is 52.8 Å². The second-order valence-corrected chi connectivity index (χ2v) is 6.41. The van der Waals surface area contributed by atoms with Gasteiger partial charge >= 0.3 is 6.09 Å². The van der Waals surface area contributed by atoms with E-state index in [0.29, 0.717) is 6.61 Å². The lowest BCUT2D eigenvalue weighted by Gasteiger charge is -2.34. The number of carbonyl (C=O) groups excluding carboxylic acids is 1. The van der Waals surface area contributed by atoms with Crippen molar-refractivity contribution >= 4 is 6.09 Å². The summed E-state index contributed by atoms with van der Waals surface area (Å²) >= 11 is 0. The van der Waals surface area contributed by atoms with Gasteiger partial charge < -0.3 is 14.2 Å². The van der Waals surface area contributed by atoms with Crippen molar-refractivity contribution in [1.29, 1.82) is 0 Å². The molecule has 1 saturated heterocycles. The fourth-order valence-electron chi connectivity index (χ4n) is 3.34. The molecule has 2 aromatic rings. The van der Waals surface area contributed by atoms with Crippen LogP contribution in [0.4, 0.5) is 4.79 Å². The van der Waals surface area contributed by atoms with E-state index in [0.717, 1.165) is 39.3 Å². The molecular formula is C20H27N3O2. The van der Waals surface area contributed by atoms with Gasteiger partial charge in [-0.2, -0.15) is 0 Å². The number of benzene rings is 1. The van der Waals surface area contributed by atoms with Gasteiger partial charge in [0.25, 0.3) is 0 Å². The van der Waals surface area contributed by atoms with Crippen molar-refractivity contribution in [2.45, 2.75) is 20.4 Å². The van der Waals surface area contributed by atoms with E-state index in [1.807, 2.05) is 13.0 Å². The van der Waals surface area contributed by atoms with Gasteiger partial charge in [0.1, 0.15) is 0 Å². The fourth-order valence-corrected chi connectivity index (χ4v) is 3.34. The van der Waals surface area contributed by atoms with Crippen LogP contribution in [0, 0.1) is 6.92 Å². The number of rotatable bonds is 5. The smallest absolute Gasteiger partial charge is 0.409 e. The highest BCUT2D eigenvalue weighted by molar-refractivity contribution is 5.67. The Bertz CT molecular complexity index is 688. The summed E-state index contributed by atoms with van der Waals surface area (Å²) in [6.45, 7) is 9.69. The molecule has 1 aromatic heterocycles. The average molecular weight is 341 g/mol. The maximum atomic E-state index is 11.8. The number of amides is 1. The van der Waals surface area contributed by atoms with E-state index >= 15 is 0 Å². The maximum Gasteiger partial charge on any atom is 0.409 e. The molecular weight excluding hydrogens is 314 g/mol. The molecule has 25 heavy (non-hydrogen) atoms. The zero-order chi connectivity index (χ0) is 17.6. The molecule has 0 atom stereocenters. The quantitative estimate of drug-likeness (QED) is 0.838. The van der Waals surface area contributed by atoms with Crippen LogP contribution in [0.25, 0.3) is 11.3 Å². The van der Waals surface area contributed by atoms with Crippen molar-refractivity contribution in [3.05, 3.63) is 48.2 Å². The van der Waals surface area contributed by atoms with E-state index in [9.17, 15) is 4.79 Å². The Morgan fingerprint density at radius 3 is 2.40 bits per heavy atom. The van der Waals surface area contributed by atoms with Crippen LogP contribution in [-0.4, -0.2) is 59.8 Å². The number of piperazine rings is 1. The number of ether oxygens (including phenoxy) is 1. The van der Waals surface area contributed by atoms with Crippen molar-refractivity contribution < 1.29 is 9.53 Å². The average Bonchev–Trinajstić information content (AvgIpc) is 3.02. The zero-order valence-corrected chi connectivity index (χ0v) is 15.1. The van der Waals surface area contributed by atoms with E-state index in [1.165, 1.54) is 17.0 Å². The standard InChI is InChI=1S/C20H27N3O2/c1-3-25-20(24)22-14-11-21(12-15-22)13-16-23-17(2)9-10-19(23)18-7-5-4-6-8-18/h4-10H,3,11-16H2,1-2H3. The predicted octanol–water partition coefficient (Wildman–Crippen LogP) is 3.24. The highest BCUT2D eigenvalue weighted by atomic mass is 16.6. The van der Waals surface area contributed by atoms with Crippen molar-refractivity contribution in [2.75, 3.05) is 39.3 Å². The molecule has 0 unspecified atom stereocenters. The lowest BCUT2D eigenvalue weighted by Crippen LogP contribution is -2.49. The first kappa shape index (κ1) is 17.5. The molecule has 5 nitrogen and oxygen atoms in total. The van der Waals surface area contributed by atoms with Crippen molar-refractivity contribution in [3.8, 4) is 11.3 Å². The predicted molar refractivity (Wildman–Crippen MR) is 99.6 cm³/mol. The number of aryl methyl sites for hydroxylation is 1. The second kappa shape index (κ2) is 8.21. The van der Waals surface area contributed by atoms with E-state index < -0.39 is 0 Å². The van der Waals surface area contributed by atoms with E-state index in [4.69, 9.17) is 4.74 Å². The summed E-state index contributed by atoms with van der Waals surface area (Å²) < 4.78 is 7.46. The molecule has 1 amide bonds. The number of aromatic nitrogens is 1. The van der Waals surface area contributed by atoms with Crippen LogP contribution < -0.4 is 0 Å². The molecule has 3 rings (SSSR count). The van der Waals surface area contributed by atoms with E-state index in [-0.39, 0.29) is 6.09 Å². The molecule has 1 aromatic carbocycles. The van der Waals surface area contributed by atoms with E-state index in [1.54, 1.807) is 4.90 Å². The van der Waals surface area contributed by atoms with Crippen LogP contribution in [-0.2, 0) is 11.3 Å². The highest BCUT2D eigenvalue weighted by Gasteiger charge is 2.21. The van der Waals surface area contributed by atoms with Gasteiger partial charge in [0.05, 0.1) is 6.61 Å². The Labute approximate surface area is 149 Å². The second-order valence-electron chi connectivity index (χ2n) is 6.41. The number of carbonyl (C=O) groups is 1. The summed E-state index contributed by atoms with van der Waals surface area (Å²) in [5, 5.41) is 0. The van der Waals surface area contributed by atoms with Gasteiger partial charge in [-0.1, -0.05) is 30.3 Å². The first-order valence-electron chi connectivity index (χ1n) is 9.04. The van der Waals surface area contributed by atoms with Crippen LogP contribution >= 0.6 is 0 Å². The Morgan fingerprint density at radius 2 is 1.72 bits per heavy atom. The molecule has 1 aliphatic rings. The van der Waals surface area contributed by atoms with Gasteiger partial charge in [0.2, 0.25) is 0 Å². The normalized spacial score (nSPS) is 15.4. The summed E-state index contributed by atoms with van der Waals surface area (Å²) in [4.78, 5) is 16.0. The minimum absolute atomic E-state index is 0.185. The minimum atomic E-state index is -0.185. The number of nitrogens with zero attached hydrogens (tertiary/aromatic N) is 3. The molecule has 5 heteroatoms. The van der Waals surface area contributed by atoms with Gasteiger partial charge in [0, 0.05) is 50.7 Å². The monoisotopic (exact) mass is 341 g/mol. The summed E-state index contributed by atoms with van der Waals surface area (Å²) in [5.41, 5.74) is 3.80. The Kier molecular flexibility index (Phi) is 5.76. The Balaban J connectivity index is 1.57. The van der Waals surface area contributed by atoms with Gasteiger partial charge in [-0.05, 0) is 31.5 Å². The van der Waals surface area contributed by atoms with Crippen LogP contribution in [0.1, 0.15) is 12.6 Å². The molecule has 134 valence electrons. The molecule has 0 radical (unpaired) electrons. The van der Waals surface area contributed by atoms with Crippen molar-refractivity contribution in [3.63, 3.8) is 0 Å². The molecule has 0 saturated carbocycles. The molecule has 2 heterocycles. The molecule has 0 bridgehead atoms. The zero-order valence-electron chi connectivity index (χ0n) is 15.1. The number of hydrogen-bond donors (Lipinski definition) is 0. The minimum Gasteiger partial charge on any atom is -0.450 e. The van der Waals surface area contributed by atoms with Gasteiger partial charge in [-0.15, -0.1) is 0 Å². The third-order valence-electron chi connectivity index (χ3n) is 4.81. The van der Waals surface area contributed by atoms with Gasteiger partial charge in [-0.25, -0.2) is 4.79 Å². The molecule has 1 aliphatic heterocycles. The molecule has 0 N–H and O–H groups in total. The van der Waals surface area contributed by atoms with Crippen LogP contribution in [0.15, 0.2) is 42.5 Å². The third kappa shape index (κ3) is 4.23. The highest BCUT2D eigenvalue weighted by Crippen LogP contribution is 2.22. The Morgan fingerprint density at radius 1 is 1.00 bits per heavy atom. The third-order valence-corrected chi connectivity index (χ3v) is 4.81. The topological polar surface area (TPSA) is 37.7 Å². The SMILES string of the molecule is CCOC(=O)N1CCN(CCn2c(C)ccc2-c2ccccc2)CC1. The Hall–Kier alpha value is -2.27. The van der Waals surface area contributed by atoms with Gasteiger partial charge in [-0.3, -0.25) is 4.90 Å². The van der Waals surface area contributed by atoms with Gasteiger partial charge in [0.15, 0.2) is 0 Å². The van der Waals surface area contributed by atoms with Crippen LogP contribution in [0.2, 0.25) is 0 Å². The molecule has 1 fully saturated rings. The van der Waals surface area contributed by atoms with Crippen molar-refractivity contribution in [2.24, 2.45) is 0 Å². The van der Waals surface area contributed by atoms with Crippen LogP contribution in [0.3, 0.4) is 0 Å². The fraction of sp³-hybridized carbons (Fsp3) is 0.450. The summed E-state index contributed by atoms with van der Waals surface area (Å²) in [7, 11) is 0. The first-order valence-corrected chi connectivity index (χ1v) is 9.04. The largest absolute Gasteiger partial charge is 0.450 e. The maximum absolute atomic E-state index is 11.8. The first-order chi connectivity index (χ1) is 12.2. The number of hydrogen-bond acceptors (Lipinski definition) is 3. The lowest BCUT2D eigenvalue weighted by atomic mass is 10.1. The summed E-state index contributed by atoms with van der Waals surface area (Å²) in [6.07, 6.45) is -0.185. The summed E-state index contributed by atoms with van der Waals surface area (Å²) in [5.74, 6) is 0. The summed E-state index contributed by atoms with van der Waals surface area (Å²) in [6, 6.07) is 14.9. The molecule has 0 aliphatic carbocycles. The van der Waals surface area contributed by atoms with Crippen molar-refractivity contribution in [1.82, 2.24) is 14.4 Å². The molecule has 0 spiro atoms.